The third kappa shape index (κ3) is 1.65. The lowest BCUT2D eigenvalue weighted by Crippen LogP contribution is -2.06. The summed E-state index contributed by atoms with van der Waals surface area (Å²) in [7, 11) is 0. The van der Waals surface area contributed by atoms with Crippen molar-refractivity contribution in [3.63, 3.8) is 0 Å². The molecule has 2 aliphatic carbocycles. The van der Waals surface area contributed by atoms with Crippen LogP contribution in [0.25, 0.3) is 0 Å². The second-order valence-corrected chi connectivity index (χ2v) is 4.13. The molecule has 14 heavy (non-hydrogen) atoms. The van der Waals surface area contributed by atoms with Gasteiger partial charge in [0, 0.05) is 6.08 Å². The van der Waals surface area contributed by atoms with Crippen LogP contribution in [0.2, 0.25) is 0 Å². The van der Waals surface area contributed by atoms with Crippen molar-refractivity contribution in [1.29, 1.82) is 5.26 Å². The number of allylic oxidation sites excluding steroid dienone is 6. The van der Waals surface area contributed by atoms with Crippen molar-refractivity contribution in [1.82, 2.24) is 0 Å². The van der Waals surface area contributed by atoms with Crippen LogP contribution in [0, 0.1) is 11.3 Å². The molecule has 0 unspecified atom stereocenters. The van der Waals surface area contributed by atoms with Gasteiger partial charge in [-0.05, 0) is 55.7 Å². The second-order valence-electron chi connectivity index (χ2n) is 4.13. The van der Waals surface area contributed by atoms with Gasteiger partial charge in [0.1, 0.15) is 0 Å². The van der Waals surface area contributed by atoms with Crippen molar-refractivity contribution in [3.8, 4) is 6.07 Å². The van der Waals surface area contributed by atoms with Crippen molar-refractivity contribution < 1.29 is 0 Å². The highest BCUT2D eigenvalue weighted by Crippen LogP contribution is 2.37. The average Bonchev–Trinajstić information content (AvgIpc) is 2.18. The maximum atomic E-state index is 8.60. The number of nitriles is 1. The molecule has 0 amide bonds. The van der Waals surface area contributed by atoms with E-state index in [-0.39, 0.29) is 0 Å². The van der Waals surface area contributed by atoms with E-state index in [1.807, 2.05) is 0 Å². The van der Waals surface area contributed by atoms with Gasteiger partial charge in [-0.1, -0.05) is 11.6 Å². The summed E-state index contributed by atoms with van der Waals surface area (Å²) < 4.78 is 0. The molecule has 0 atom stereocenters. The lowest BCUT2D eigenvalue weighted by molar-refractivity contribution is 0.723. The fourth-order valence-corrected chi connectivity index (χ4v) is 2.42. The van der Waals surface area contributed by atoms with Gasteiger partial charge in [-0.15, -0.1) is 0 Å². The lowest BCUT2D eigenvalue weighted by Gasteiger charge is -2.25. The van der Waals surface area contributed by atoms with Gasteiger partial charge in [0.2, 0.25) is 0 Å². The van der Waals surface area contributed by atoms with E-state index >= 15 is 0 Å². The first kappa shape index (κ1) is 9.27. The molecule has 0 spiro atoms. The highest BCUT2D eigenvalue weighted by atomic mass is 14.3. The molecule has 0 N–H and O–H groups in total. The van der Waals surface area contributed by atoms with E-state index in [1.54, 1.807) is 17.2 Å². The zero-order chi connectivity index (χ0) is 9.97. The average molecular weight is 185 g/mol. The molecule has 2 rings (SSSR count). The minimum atomic E-state index is 1.05. The topological polar surface area (TPSA) is 23.8 Å². The summed E-state index contributed by atoms with van der Waals surface area (Å²) >= 11 is 0. The standard InChI is InChI=1S/C13H15N/c1-10-3-2-4-12-9-11(7-8-14)5-6-13(10)12/h7,9H,2-6H2,1H3. The van der Waals surface area contributed by atoms with E-state index in [1.165, 1.54) is 30.4 Å². The van der Waals surface area contributed by atoms with E-state index in [2.05, 4.69) is 19.1 Å². The molecule has 1 heteroatoms. The van der Waals surface area contributed by atoms with Crippen molar-refractivity contribution in [3.05, 3.63) is 34.4 Å². The Bertz CT molecular complexity index is 375. The SMILES string of the molecule is CC1=C2CCC(=CC#N)C=C2CCC1. The molecule has 0 aliphatic heterocycles. The van der Waals surface area contributed by atoms with Crippen LogP contribution in [0.3, 0.4) is 0 Å². The first-order valence-corrected chi connectivity index (χ1v) is 5.29. The van der Waals surface area contributed by atoms with E-state index in [0.29, 0.717) is 0 Å². The highest BCUT2D eigenvalue weighted by molar-refractivity contribution is 5.46. The molecular weight excluding hydrogens is 170 g/mol. The predicted octanol–water partition coefficient (Wildman–Crippen LogP) is 3.66. The molecule has 1 nitrogen and oxygen atoms in total. The number of nitrogens with zero attached hydrogens (tertiary/aromatic N) is 1. The van der Waals surface area contributed by atoms with E-state index in [4.69, 9.17) is 5.26 Å². The quantitative estimate of drug-likeness (QED) is 0.528. The Labute approximate surface area is 85.4 Å². The number of rotatable bonds is 0. The van der Waals surface area contributed by atoms with Crippen LogP contribution >= 0.6 is 0 Å². The maximum absolute atomic E-state index is 8.60. The van der Waals surface area contributed by atoms with Crippen molar-refractivity contribution in [2.24, 2.45) is 0 Å². The fraction of sp³-hybridized carbons (Fsp3) is 0.462. The molecule has 0 aromatic heterocycles. The Kier molecular flexibility index (Phi) is 2.54. The summed E-state index contributed by atoms with van der Waals surface area (Å²) in [6.07, 6.45) is 9.85. The van der Waals surface area contributed by atoms with Gasteiger partial charge in [0.15, 0.2) is 0 Å². The van der Waals surface area contributed by atoms with Crippen LogP contribution in [-0.2, 0) is 0 Å². The first-order valence-electron chi connectivity index (χ1n) is 5.29. The van der Waals surface area contributed by atoms with Gasteiger partial charge in [-0.3, -0.25) is 0 Å². The Morgan fingerprint density at radius 3 is 2.93 bits per heavy atom. The van der Waals surface area contributed by atoms with E-state index in [9.17, 15) is 0 Å². The monoisotopic (exact) mass is 185 g/mol. The molecule has 0 aromatic carbocycles. The lowest BCUT2D eigenvalue weighted by atomic mass is 9.80. The highest BCUT2D eigenvalue weighted by Gasteiger charge is 2.18. The second kappa shape index (κ2) is 3.84. The van der Waals surface area contributed by atoms with Gasteiger partial charge in [-0.25, -0.2) is 0 Å². The van der Waals surface area contributed by atoms with E-state index < -0.39 is 0 Å². The van der Waals surface area contributed by atoms with Crippen LogP contribution in [0.5, 0.6) is 0 Å². The van der Waals surface area contributed by atoms with Crippen LogP contribution in [0.15, 0.2) is 34.4 Å². The smallest absolute Gasteiger partial charge is 0.0914 e. The van der Waals surface area contributed by atoms with Gasteiger partial charge in [-0.2, -0.15) is 5.26 Å². The third-order valence-corrected chi connectivity index (χ3v) is 3.17. The zero-order valence-corrected chi connectivity index (χ0v) is 8.64. The molecule has 0 heterocycles. The summed E-state index contributed by atoms with van der Waals surface area (Å²) in [6, 6.07) is 2.12. The number of hydrogen-bond donors (Lipinski definition) is 0. The van der Waals surface area contributed by atoms with Crippen molar-refractivity contribution in [2.45, 2.75) is 39.0 Å². The molecular formula is C13H15N. The predicted molar refractivity (Wildman–Crippen MR) is 57.6 cm³/mol. The molecule has 0 fully saturated rings. The van der Waals surface area contributed by atoms with Gasteiger partial charge < -0.3 is 0 Å². The Balaban J connectivity index is 2.35. The summed E-state index contributed by atoms with van der Waals surface area (Å²) in [6.45, 7) is 2.25. The largest absolute Gasteiger partial charge is 0.193 e. The summed E-state index contributed by atoms with van der Waals surface area (Å²) in [4.78, 5) is 0. The van der Waals surface area contributed by atoms with Crippen molar-refractivity contribution >= 4 is 0 Å². The van der Waals surface area contributed by atoms with Crippen molar-refractivity contribution in [2.75, 3.05) is 0 Å². The molecule has 0 bridgehead atoms. The summed E-state index contributed by atoms with van der Waals surface area (Å²) in [5.41, 5.74) is 5.84. The minimum Gasteiger partial charge on any atom is -0.193 e. The third-order valence-electron chi connectivity index (χ3n) is 3.17. The Morgan fingerprint density at radius 2 is 2.14 bits per heavy atom. The Hall–Kier alpha value is -1.29. The summed E-state index contributed by atoms with van der Waals surface area (Å²) in [5, 5.41) is 8.60. The zero-order valence-electron chi connectivity index (χ0n) is 8.64. The Morgan fingerprint density at radius 1 is 1.29 bits per heavy atom. The normalized spacial score (nSPS) is 24.3. The minimum absolute atomic E-state index is 1.05. The molecule has 72 valence electrons. The molecule has 0 saturated carbocycles. The molecule has 0 saturated heterocycles. The molecule has 0 radical (unpaired) electrons. The molecule has 2 aliphatic rings. The van der Waals surface area contributed by atoms with Gasteiger partial charge >= 0.3 is 0 Å². The van der Waals surface area contributed by atoms with Gasteiger partial charge in [0.25, 0.3) is 0 Å². The van der Waals surface area contributed by atoms with Crippen LogP contribution in [-0.4, -0.2) is 0 Å². The van der Waals surface area contributed by atoms with Crippen LogP contribution in [0.4, 0.5) is 0 Å². The first-order chi connectivity index (χ1) is 6.81. The van der Waals surface area contributed by atoms with E-state index in [0.717, 1.165) is 12.8 Å². The maximum Gasteiger partial charge on any atom is 0.0914 e. The molecule has 0 aromatic rings. The van der Waals surface area contributed by atoms with Crippen LogP contribution in [0.1, 0.15) is 39.0 Å². The van der Waals surface area contributed by atoms with Crippen LogP contribution < -0.4 is 0 Å². The number of hydrogen-bond acceptors (Lipinski definition) is 1. The summed E-state index contributed by atoms with van der Waals surface area (Å²) in [5.74, 6) is 0. The van der Waals surface area contributed by atoms with Gasteiger partial charge in [0.05, 0.1) is 6.07 Å². The number of fused-ring (bicyclic) bond motifs is 1. The fourth-order valence-electron chi connectivity index (χ4n) is 2.42.